The standard InChI is InChI=1S/C7H13ClN4/c8-7(6(10)1-9)12-4-5-2-11-3-5/h1,5,9,11-12H,2-4,10H2/b7-6+,9-1?. The van der Waals surface area contributed by atoms with Gasteiger partial charge in [-0.15, -0.1) is 0 Å². The molecule has 1 aliphatic heterocycles. The molecule has 0 spiro atoms. The average molecular weight is 189 g/mol. The Bertz CT molecular complexity index is 198. The normalized spacial score (nSPS) is 19.4. The summed E-state index contributed by atoms with van der Waals surface area (Å²) in [5.41, 5.74) is 5.67. The molecule has 4 nitrogen and oxygen atoms in total. The van der Waals surface area contributed by atoms with E-state index >= 15 is 0 Å². The number of hydrogen-bond acceptors (Lipinski definition) is 4. The van der Waals surface area contributed by atoms with E-state index in [4.69, 9.17) is 22.7 Å². The van der Waals surface area contributed by atoms with Crippen molar-refractivity contribution in [1.29, 1.82) is 5.41 Å². The largest absolute Gasteiger partial charge is 0.395 e. The molecule has 0 aliphatic carbocycles. The van der Waals surface area contributed by atoms with Crippen LogP contribution in [0.5, 0.6) is 0 Å². The number of nitrogens with two attached hydrogens (primary N) is 1. The highest BCUT2D eigenvalue weighted by Crippen LogP contribution is 2.04. The molecule has 1 aliphatic rings. The zero-order valence-corrected chi connectivity index (χ0v) is 7.49. The quantitative estimate of drug-likeness (QED) is 0.365. The molecular weight excluding hydrogens is 176 g/mol. The predicted octanol–water partition coefficient (Wildman–Crippen LogP) is -0.188. The Balaban J connectivity index is 2.25. The van der Waals surface area contributed by atoms with E-state index in [0.717, 1.165) is 25.8 Å². The van der Waals surface area contributed by atoms with Gasteiger partial charge in [-0.1, -0.05) is 11.6 Å². The van der Waals surface area contributed by atoms with E-state index in [9.17, 15) is 0 Å². The lowest BCUT2D eigenvalue weighted by Crippen LogP contribution is -2.46. The van der Waals surface area contributed by atoms with Crippen molar-refractivity contribution in [2.75, 3.05) is 19.6 Å². The van der Waals surface area contributed by atoms with Crippen LogP contribution in [0.1, 0.15) is 0 Å². The molecule has 5 N–H and O–H groups in total. The molecule has 0 saturated carbocycles. The summed E-state index contributed by atoms with van der Waals surface area (Å²) in [6.07, 6.45) is 1.04. The summed E-state index contributed by atoms with van der Waals surface area (Å²) in [5, 5.41) is 13.3. The second-order valence-corrected chi connectivity index (χ2v) is 3.20. The van der Waals surface area contributed by atoms with Crippen molar-refractivity contribution >= 4 is 17.8 Å². The first-order chi connectivity index (χ1) is 5.74. The summed E-state index contributed by atoms with van der Waals surface area (Å²) in [7, 11) is 0. The minimum atomic E-state index is 0.281. The molecule has 1 rings (SSSR count). The van der Waals surface area contributed by atoms with Crippen molar-refractivity contribution in [3.63, 3.8) is 0 Å². The van der Waals surface area contributed by atoms with Crippen molar-refractivity contribution in [2.45, 2.75) is 0 Å². The molecule has 1 saturated heterocycles. The van der Waals surface area contributed by atoms with Crippen LogP contribution in [0.15, 0.2) is 10.9 Å². The Morgan fingerprint density at radius 2 is 2.42 bits per heavy atom. The maximum absolute atomic E-state index is 6.84. The minimum Gasteiger partial charge on any atom is -0.395 e. The lowest BCUT2D eigenvalue weighted by Gasteiger charge is -2.27. The van der Waals surface area contributed by atoms with Gasteiger partial charge < -0.3 is 21.8 Å². The fourth-order valence-electron chi connectivity index (χ4n) is 0.892. The fourth-order valence-corrected chi connectivity index (χ4v) is 1.02. The molecule has 0 aromatic carbocycles. The predicted molar refractivity (Wildman–Crippen MR) is 50.2 cm³/mol. The minimum absolute atomic E-state index is 0.281. The first kappa shape index (κ1) is 9.35. The van der Waals surface area contributed by atoms with Crippen LogP contribution in [0.25, 0.3) is 0 Å². The van der Waals surface area contributed by atoms with Crippen LogP contribution in [0.2, 0.25) is 0 Å². The van der Waals surface area contributed by atoms with Crippen LogP contribution in [-0.4, -0.2) is 25.8 Å². The van der Waals surface area contributed by atoms with Gasteiger partial charge in [0.15, 0.2) is 0 Å². The van der Waals surface area contributed by atoms with Crippen LogP contribution in [-0.2, 0) is 0 Å². The third-order valence-corrected chi connectivity index (χ3v) is 2.17. The Labute approximate surface area is 76.7 Å². The molecule has 1 fully saturated rings. The van der Waals surface area contributed by atoms with Gasteiger partial charge >= 0.3 is 0 Å². The summed E-state index contributed by atoms with van der Waals surface area (Å²) in [5.74, 6) is 0.636. The second-order valence-electron chi connectivity index (χ2n) is 2.82. The summed E-state index contributed by atoms with van der Waals surface area (Å²) < 4.78 is 0. The summed E-state index contributed by atoms with van der Waals surface area (Å²) in [6, 6.07) is 0. The van der Waals surface area contributed by atoms with E-state index in [1.807, 2.05) is 0 Å². The lowest BCUT2D eigenvalue weighted by atomic mass is 10.0. The van der Waals surface area contributed by atoms with E-state index in [1.54, 1.807) is 0 Å². The average Bonchev–Trinajstić information content (AvgIpc) is 2.00. The summed E-state index contributed by atoms with van der Waals surface area (Å²) in [4.78, 5) is 0. The maximum atomic E-state index is 6.84. The van der Waals surface area contributed by atoms with Gasteiger partial charge in [-0.05, 0) is 0 Å². The molecule has 0 atom stereocenters. The van der Waals surface area contributed by atoms with Crippen LogP contribution in [0.4, 0.5) is 0 Å². The number of hydrogen-bond donors (Lipinski definition) is 4. The monoisotopic (exact) mass is 188 g/mol. The van der Waals surface area contributed by atoms with Crippen LogP contribution in [0, 0.1) is 11.3 Å². The first-order valence-corrected chi connectivity index (χ1v) is 4.22. The Kier molecular flexibility index (Phi) is 3.37. The third-order valence-electron chi connectivity index (χ3n) is 1.82. The van der Waals surface area contributed by atoms with Gasteiger partial charge in [-0.25, -0.2) is 0 Å². The molecule has 1 heterocycles. The molecule has 0 amide bonds. The van der Waals surface area contributed by atoms with E-state index in [-0.39, 0.29) is 5.70 Å². The molecule has 68 valence electrons. The zero-order chi connectivity index (χ0) is 8.97. The SMILES string of the molecule is N=C/C(N)=C(/Cl)NCC1CNC1. The van der Waals surface area contributed by atoms with Crippen molar-refractivity contribution in [3.05, 3.63) is 10.9 Å². The van der Waals surface area contributed by atoms with Crippen molar-refractivity contribution in [3.8, 4) is 0 Å². The summed E-state index contributed by atoms with van der Waals surface area (Å²) >= 11 is 5.73. The molecule has 12 heavy (non-hydrogen) atoms. The van der Waals surface area contributed by atoms with E-state index in [2.05, 4.69) is 10.6 Å². The highest BCUT2D eigenvalue weighted by molar-refractivity contribution is 6.30. The van der Waals surface area contributed by atoms with Gasteiger partial charge in [-0.3, -0.25) is 0 Å². The maximum Gasteiger partial charge on any atom is 0.127 e. The topological polar surface area (TPSA) is 73.9 Å². The van der Waals surface area contributed by atoms with Crippen molar-refractivity contribution in [1.82, 2.24) is 10.6 Å². The molecule has 0 unspecified atom stereocenters. The van der Waals surface area contributed by atoms with Crippen molar-refractivity contribution < 1.29 is 0 Å². The van der Waals surface area contributed by atoms with Crippen LogP contribution in [0.3, 0.4) is 0 Å². The summed E-state index contributed by atoms with van der Waals surface area (Å²) in [6.45, 7) is 2.88. The highest BCUT2D eigenvalue weighted by Gasteiger charge is 2.16. The number of allylic oxidation sites excluding steroid dienone is 1. The van der Waals surface area contributed by atoms with E-state index in [0.29, 0.717) is 11.1 Å². The molecule has 5 heteroatoms. The van der Waals surface area contributed by atoms with Gasteiger partial charge in [0.2, 0.25) is 0 Å². The molecule has 0 bridgehead atoms. The van der Waals surface area contributed by atoms with Crippen LogP contribution < -0.4 is 16.4 Å². The molecule has 0 aromatic heterocycles. The molecule has 0 aromatic rings. The zero-order valence-electron chi connectivity index (χ0n) is 6.73. The fraction of sp³-hybridized carbons (Fsp3) is 0.571. The molecular formula is C7H13ClN4. The first-order valence-electron chi connectivity index (χ1n) is 3.84. The Morgan fingerprint density at radius 1 is 1.75 bits per heavy atom. The third kappa shape index (κ3) is 2.39. The van der Waals surface area contributed by atoms with Gasteiger partial charge in [0.25, 0.3) is 0 Å². The Hall–Kier alpha value is -0.740. The van der Waals surface area contributed by atoms with Gasteiger partial charge in [0.1, 0.15) is 5.16 Å². The second kappa shape index (κ2) is 4.33. The van der Waals surface area contributed by atoms with E-state index < -0.39 is 0 Å². The molecule has 0 radical (unpaired) electrons. The smallest absolute Gasteiger partial charge is 0.127 e. The van der Waals surface area contributed by atoms with Gasteiger partial charge in [-0.2, -0.15) is 0 Å². The number of nitrogens with one attached hydrogen (secondary N) is 3. The highest BCUT2D eigenvalue weighted by atomic mass is 35.5. The van der Waals surface area contributed by atoms with Crippen molar-refractivity contribution in [2.24, 2.45) is 11.7 Å². The number of rotatable bonds is 4. The van der Waals surface area contributed by atoms with Gasteiger partial charge in [0.05, 0.1) is 5.70 Å². The van der Waals surface area contributed by atoms with Gasteiger partial charge in [0, 0.05) is 31.8 Å². The number of halogens is 1. The lowest BCUT2D eigenvalue weighted by molar-refractivity contribution is 0.342. The Morgan fingerprint density at radius 3 is 2.83 bits per heavy atom. The van der Waals surface area contributed by atoms with E-state index in [1.165, 1.54) is 0 Å². The van der Waals surface area contributed by atoms with Crippen LogP contribution >= 0.6 is 11.6 Å².